The van der Waals surface area contributed by atoms with E-state index in [9.17, 15) is 14.0 Å². The van der Waals surface area contributed by atoms with Crippen molar-refractivity contribution in [1.29, 1.82) is 0 Å². The standard InChI is InChI=1S/C24H22FNO4/c1-16(2)30-23(27)15-29-22-11-5-10-21(14-22)26-24(28)19-8-3-6-17(12-19)18-7-4-9-20(25)13-18/h3-14,16H,15H2,1-2H3,(H,26,28). The fourth-order valence-electron chi connectivity index (χ4n) is 2.81. The van der Waals surface area contributed by atoms with Gasteiger partial charge in [-0.3, -0.25) is 4.79 Å². The average molecular weight is 407 g/mol. The minimum absolute atomic E-state index is 0.213. The highest BCUT2D eigenvalue weighted by Crippen LogP contribution is 2.23. The van der Waals surface area contributed by atoms with Crippen LogP contribution in [0.5, 0.6) is 5.75 Å². The van der Waals surface area contributed by atoms with Gasteiger partial charge in [-0.1, -0.05) is 30.3 Å². The van der Waals surface area contributed by atoms with E-state index < -0.39 is 5.97 Å². The Kier molecular flexibility index (Phi) is 6.80. The Hall–Kier alpha value is -3.67. The minimum Gasteiger partial charge on any atom is -0.482 e. The number of carbonyl (C=O) groups excluding carboxylic acids is 2. The molecule has 154 valence electrons. The van der Waals surface area contributed by atoms with E-state index in [0.717, 1.165) is 5.56 Å². The monoisotopic (exact) mass is 407 g/mol. The Morgan fingerprint density at radius 2 is 1.63 bits per heavy atom. The summed E-state index contributed by atoms with van der Waals surface area (Å²) in [4.78, 5) is 24.3. The lowest BCUT2D eigenvalue weighted by atomic mass is 10.0. The van der Waals surface area contributed by atoms with E-state index in [2.05, 4.69) is 5.32 Å². The lowest BCUT2D eigenvalue weighted by Crippen LogP contribution is -2.18. The summed E-state index contributed by atoms with van der Waals surface area (Å²) in [5.74, 6) is -0.684. The van der Waals surface area contributed by atoms with Gasteiger partial charge in [0.15, 0.2) is 6.61 Å². The van der Waals surface area contributed by atoms with Crippen LogP contribution in [0.1, 0.15) is 24.2 Å². The van der Waals surface area contributed by atoms with Crippen LogP contribution in [-0.2, 0) is 9.53 Å². The smallest absolute Gasteiger partial charge is 0.344 e. The fourth-order valence-corrected chi connectivity index (χ4v) is 2.81. The number of rotatable bonds is 7. The normalized spacial score (nSPS) is 10.5. The number of hydrogen-bond acceptors (Lipinski definition) is 4. The van der Waals surface area contributed by atoms with Gasteiger partial charge in [-0.15, -0.1) is 0 Å². The molecule has 0 radical (unpaired) electrons. The maximum Gasteiger partial charge on any atom is 0.344 e. The third-order valence-corrected chi connectivity index (χ3v) is 4.10. The van der Waals surface area contributed by atoms with E-state index in [0.29, 0.717) is 22.6 Å². The Balaban J connectivity index is 1.68. The third-order valence-electron chi connectivity index (χ3n) is 4.10. The molecule has 0 aliphatic carbocycles. The number of benzene rings is 3. The van der Waals surface area contributed by atoms with E-state index in [1.54, 1.807) is 68.4 Å². The molecule has 0 heterocycles. The van der Waals surface area contributed by atoms with Crippen LogP contribution in [0.2, 0.25) is 0 Å². The van der Waals surface area contributed by atoms with Crippen molar-refractivity contribution in [3.05, 3.63) is 84.2 Å². The summed E-state index contributed by atoms with van der Waals surface area (Å²) in [6.45, 7) is 3.31. The number of ether oxygens (including phenoxy) is 2. The molecule has 0 saturated carbocycles. The van der Waals surface area contributed by atoms with Crippen molar-refractivity contribution >= 4 is 17.6 Å². The number of hydrogen-bond donors (Lipinski definition) is 1. The molecule has 0 unspecified atom stereocenters. The first kappa shape index (κ1) is 21.0. The molecule has 0 saturated heterocycles. The van der Waals surface area contributed by atoms with Crippen LogP contribution in [0, 0.1) is 5.82 Å². The Labute approximate surface area is 174 Å². The summed E-state index contributed by atoms with van der Waals surface area (Å²) in [6, 6.07) is 19.9. The zero-order chi connectivity index (χ0) is 21.5. The van der Waals surface area contributed by atoms with E-state index in [4.69, 9.17) is 9.47 Å². The van der Waals surface area contributed by atoms with Crippen molar-refractivity contribution in [2.24, 2.45) is 0 Å². The van der Waals surface area contributed by atoms with Crippen LogP contribution >= 0.6 is 0 Å². The van der Waals surface area contributed by atoms with Crippen molar-refractivity contribution in [2.75, 3.05) is 11.9 Å². The number of esters is 1. The summed E-state index contributed by atoms with van der Waals surface area (Å²) in [7, 11) is 0. The average Bonchev–Trinajstić information content (AvgIpc) is 2.72. The molecule has 3 aromatic rings. The topological polar surface area (TPSA) is 64.6 Å². The molecule has 0 atom stereocenters. The molecule has 0 aliphatic rings. The third kappa shape index (κ3) is 5.91. The highest BCUT2D eigenvalue weighted by atomic mass is 19.1. The molecule has 3 aromatic carbocycles. The van der Waals surface area contributed by atoms with Crippen LogP contribution in [0.3, 0.4) is 0 Å². The first-order valence-electron chi connectivity index (χ1n) is 9.50. The van der Waals surface area contributed by atoms with Gasteiger partial charge in [0.05, 0.1) is 6.10 Å². The first-order valence-corrected chi connectivity index (χ1v) is 9.50. The summed E-state index contributed by atoms with van der Waals surface area (Å²) in [5, 5.41) is 2.80. The highest BCUT2D eigenvalue weighted by Gasteiger charge is 2.10. The summed E-state index contributed by atoms with van der Waals surface area (Å²) in [6.07, 6.45) is -0.213. The first-order chi connectivity index (χ1) is 14.4. The minimum atomic E-state index is -0.464. The van der Waals surface area contributed by atoms with Gasteiger partial charge >= 0.3 is 5.97 Å². The molecule has 5 nitrogen and oxygen atoms in total. The molecule has 0 aliphatic heterocycles. The number of halogens is 1. The molecule has 1 amide bonds. The van der Waals surface area contributed by atoms with Crippen LogP contribution in [-0.4, -0.2) is 24.6 Å². The van der Waals surface area contributed by atoms with Crippen LogP contribution in [0.15, 0.2) is 72.8 Å². The van der Waals surface area contributed by atoms with Crippen LogP contribution < -0.4 is 10.1 Å². The Morgan fingerprint density at radius 1 is 0.933 bits per heavy atom. The SMILES string of the molecule is CC(C)OC(=O)COc1cccc(NC(=O)c2cccc(-c3cccc(F)c3)c2)c1. The Morgan fingerprint density at radius 3 is 2.37 bits per heavy atom. The molecule has 0 aromatic heterocycles. The number of anilines is 1. The predicted molar refractivity (Wildman–Crippen MR) is 113 cm³/mol. The number of amides is 1. The maximum absolute atomic E-state index is 13.5. The lowest BCUT2D eigenvalue weighted by Gasteiger charge is -2.11. The quantitative estimate of drug-likeness (QED) is 0.555. The second-order valence-corrected chi connectivity index (χ2v) is 6.90. The second-order valence-electron chi connectivity index (χ2n) is 6.90. The molecular weight excluding hydrogens is 385 g/mol. The van der Waals surface area contributed by atoms with Crippen molar-refractivity contribution in [3.8, 4) is 16.9 Å². The molecule has 0 bridgehead atoms. The van der Waals surface area contributed by atoms with Crippen molar-refractivity contribution < 1.29 is 23.5 Å². The van der Waals surface area contributed by atoms with Gasteiger partial charge < -0.3 is 14.8 Å². The van der Waals surface area contributed by atoms with Crippen molar-refractivity contribution in [1.82, 2.24) is 0 Å². The van der Waals surface area contributed by atoms with Crippen LogP contribution in [0.4, 0.5) is 10.1 Å². The Bertz CT molecular complexity index is 1050. The number of carbonyl (C=O) groups is 2. The van der Waals surface area contributed by atoms with Crippen LogP contribution in [0.25, 0.3) is 11.1 Å². The summed E-state index contributed by atoms with van der Waals surface area (Å²) < 4.78 is 23.9. The van der Waals surface area contributed by atoms with Crippen molar-refractivity contribution in [2.45, 2.75) is 20.0 Å². The molecule has 0 fully saturated rings. The zero-order valence-corrected chi connectivity index (χ0v) is 16.7. The summed E-state index contributed by atoms with van der Waals surface area (Å²) >= 11 is 0. The molecular formula is C24H22FNO4. The largest absolute Gasteiger partial charge is 0.482 e. The second kappa shape index (κ2) is 9.69. The van der Waals surface area contributed by atoms with Gasteiger partial charge in [0, 0.05) is 17.3 Å². The highest BCUT2D eigenvalue weighted by molar-refractivity contribution is 6.05. The molecule has 30 heavy (non-hydrogen) atoms. The van der Waals surface area contributed by atoms with Gasteiger partial charge in [-0.05, 0) is 61.4 Å². The predicted octanol–water partition coefficient (Wildman–Crippen LogP) is 5.08. The molecule has 0 spiro atoms. The van der Waals surface area contributed by atoms with E-state index in [1.165, 1.54) is 12.1 Å². The molecule has 1 N–H and O–H groups in total. The van der Waals surface area contributed by atoms with Crippen molar-refractivity contribution in [3.63, 3.8) is 0 Å². The summed E-state index contributed by atoms with van der Waals surface area (Å²) in [5.41, 5.74) is 2.38. The van der Waals surface area contributed by atoms with E-state index in [-0.39, 0.29) is 24.4 Å². The van der Waals surface area contributed by atoms with Gasteiger partial charge in [0.2, 0.25) is 0 Å². The van der Waals surface area contributed by atoms with Gasteiger partial charge in [0.25, 0.3) is 5.91 Å². The van der Waals surface area contributed by atoms with Gasteiger partial charge in [0.1, 0.15) is 11.6 Å². The lowest BCUT2D eigenvalue weighted by molar-refractivity contribution is -0.149. The molecule has 3 rings (SSSR count). The fraction of sp³-hybridized carbons (Fsp3) is 0.167. The van der Waals surface area contributed by atoms with Gasteiger partial charge in [-0.2, -0.15) is 0 Å². The zero-order valence-electron chi connectivity index (χ0n) is 16.7. The maximum atomic E-state index is 13.5. The van der Waals surface area contributed by atoms with E-state index in [1.807, 2.05) is 6.07 Å². The van der Waals surface area contributed by atoms with E-state index >= 15 is 0 Å². The number of nitrogens with one attached hydrogen (secondary N) is 1. The molecule has 6 heteroatoms. The van der Waals surface area contributed by atoms with Gasteiger partial charge in [-0.25, -0.2) is 9.18 Å².